The van der Waals surface area contributed by atoms with Crippen molar-refractivity contribution in [3.05, 3.63) is 24.2 Å². The minimum atomic E-state index is -0.0499. The van der Waals surface area contributed by atoms with Gasteiger partial charge in [0.05, 0.1) is 25.5 Å². The minimum Gasteiger partial charge on any atom is -0.469 e. The summed E-state index contributed by atoms with van der Waals surface area (Å²) in [5, 5.41) is 16.2. The largest absolute Gasteiger partial charge is 0.469 e. The SMILES string of the molecule is I.OCCC1(CN=C(NCCc2ccco2)NCC2CCCCO2)CCOC1. The van der Waals surface area contributed by atoms with Crippen molar-refractivity contribution in [1.29, 1.82) is 0 Å². The zero-order chi connectivity index (χ0) is 18.8. The quantitative estimate of drug-likeness (QED) is 0.270. The Morgan fingerprint density at radius 1 is 1.29 bits per heavy atom. The van der Waals surface area contributed by atoms with Crippen LogP contribution in [0.25, 0.3) is 0 Å². The molecule has 7 nitrogen and oxygen atoms in total. The highest BCUT2D eigenvalue weighted by Gasteiger charge is 2.34. The van der Waals surface area contributed by atoms with Crippen molar-refractivity contribution in [3.63, 3.8) is 0 Å². The number of furan rings is 1. The average molecular weight is 507 g/mol. The first-order valence-electron chi connectivity index (χ1n) is 10.1. The van der Waals surface area contributed by atoms with Crippen LogP contribution in [0.2, 0.25) is 0 Å². The Balaban J connectivity index is 0.00000280. The van der Waals surface area contributed by atoms with Crippen molar-refractivity contribution in [2.45, 2.75) is 44.6 Å². The normalized spacial score (nSPS) is 25.3. The summed E-state index contributed by atoms with van der Waals surface area (Å²) >= 11 is 0. The average Bonchev–Trinajstić information content (AvgIpc) is 3.37. The van der Waals surface area contributed by atoms with Crippen molar-refractivity contribution in [2.75, 3.05) is 46.1 Å². The van der Waals surface area contributed by atoms with Gasteiger partial charge in [0.2, 0.25) is 0 Å². The molecule has 0 aliphatic carbocycles. The van der Waals surface area contributed by atoms with Gasteiger partial charge in [-0.1, -0.05) is 0 Å². The summed E-state index contributed by atoms with van der Waals surface area (Å²) < 4.78 is 16.8. The Kier molecular flexibility index (Phi) is 10.6. The summed E-state index contributed by atoms with van der Waals surface area (Å²) in [6, 6.07) is 3.88. The molecule has 2 unspecified atom stereocenters. The highest BCUT2D eigenvalue weighted by Crippen LogP contribution is 2.32. The topological polar surface area (TPSA) is 88.3 Å². The van der Waals surface area contributed by atoms with E-state index in [0.717, 1.165) is 70.1 Å². The van der Waals surface area contributed by atoms with E-state index < -0.39 is 0 Å². The number of aliphatic imine (C=N–C) groups is 1. The number of rotatable bonds is 9. The molecule has 0 saturated carbocycles. The van der Waals surface area contributed by atoms with Gasteiger partial charge in [-0.3, -0.25) is 4.99 Å². The van der Waals surface area contributed by atoms with Crippen molar-refractivity contribution in [2.24, 2.45) is 10.4 Å². The Hall–Kier alpha value is -0.840. The van der Waals surface area contributed by atoms with Crippen molar-refractivity contribution in [3.8, 4) is 0 Å². The summed E-state index contributed by atoms with van der Waals surface area (Å²) in [6.07, 6.45) is 7.89. The summed E-state index contributed by atoms with van der Waals surface area (Å²) in [5.74, 6) is 1.75. The van der Waals surface area contributed by atoms with Gasteiger partial charge in [-0.25, -0.2) is 0 Å². The summed E-state index contributed by atoms with van der Waals surface area (Å²) in [6.45, 7) is 4.59. The Bertz CT molecular complexity index is 556. The molecule has 2 atom stereocenters. The van der Waals surface area contributed by atoms with Gasteiger partial charge in [0, 0.05) is 44.7 Å². The monoisotopic (exact) mass is 507 g/mol. The maximum Gasteiger partial charge on any atom is 0.191 e. The van der Waals surface area contributed by atoms with E-state index in [0.29, 0.717) is 13.2 Å². The van der Waals surface area contributed by atoms with Gasteiger partial charge in [-0.05, 0) is 44.2 Å². The first kappa shape index (κ1) is 23.4. The first-order chi connectivity index (χ1) is 13.3. The van der Waals surface area contributed by atoms with E-state index in [1.54, 1.807) is 6.26 Å². The predicted octanol–water partition coefficient (Wildman–Crippen LogP) is 2.33. The van der Waals surface area contributed by atoms with Crippen LogP contribution in [0.4, 0.5) is 0 Å². The lowest BCUT2D eigenvalue weighted by Crippen LogP contribution is -2.44. The first-order valence-corrected chi connectivity index (χ1v) is 10.1. The summed E-state index contributed by atoms with van der Waals surface area (Å²) in [5.41, 5.74) is -0.0499. The second kappa shape index (κ2) is 12.7. The van der Waals surface area contributed by atoms with E-state index in [1.807, 2.05) is 12.1 Å². The number of halogens is 1. The Morgan fingerprint density at radius 2 is 2.21 bits per heavy atom. The number of aliphatic hydroxyl groups is 1. The molecule has 8 heteroatoms. The van der Waals surface area contributed by atoms with E-state index in [2.05, 4.69) is 10.6 Å². The third-order valence-electron chi connectivity index (χ3n) is 5.41. The molecule has 2 saturated heterocycles. The molecule has 3 rings (SSSR count). The predicted molar refractivity (Wildman–Crippen MR) is 119 cm³/mol. The molecule has 0 amide bonds. The maximum atomic E-state index is 9.42. The van der Waals surface area contributed by atoms with Crippen LogP contribution >= 0.6 is 24.0 Å². The molecule has 3 heterocycles. The number of hydrogen-bond acceptors (Lipinski definition) is 5. The van der Waals surface area contributed by atoms with Gasteiger partial charge in [-0.2, -0.15) is 0 Å². The number of nitrogens with one attached hydrogen (secondary N) is 2. The van der Waals surface area contributed by atoms with Crippen LogP contribution < -0.4 is 10.6 Å². The van der Waals surface area contributed by atoms with Crippen molar-refractivity contribution < 1.29 is 19.0 Å². The van der Waals surface area contributed by atoms with Gasteiger partial charge in [-0.15, -0.1) is 24.0 Å². The second-order valence-electron chi connectivity index (χ2n) is 7.57. The summed E-state index contributed by atoms with van der Waals surface area (Å²) in [4.78, 5) is 4.82. The van der Waals surface area contributed by atoms with E-state index in [-0.39, 0.29) is 42.1 Å². The van der Waals surface area contributed by atoms with Crippen LogP contribution in [-0.2, 0) is 15.9 Å². The fourth-order valence-corrected chi connectivity index (χ4v) is 3.65. The molecule has 0 aromatic carbocycles. The molecule has 2 aliphatic heterocycles. The summed E-state index contributed by atoms with van der Waals surface area (Å²) in [7, 11) is 0. The van der Waals surface area contributed by atoms with E-state index in [9.17, 15) is 5.11 Å². The molecule has 1 aromatic rings. The van der Waals surface area contributed by atoms with Gasteiger partial charge in [0.25, 0.3) is 0 Å². The molecule has 2 fully saturated rings. The standard InChI is InChI=1S/C20H33N3O4.HI/c24-10-7-20(8-13-25-16-20)15-23-19(21-9-6-17-5-3-12-26-17)22-14-18-4-1-2-11-27-18;/h3,5,12,18,24H,1-2,4,6-11,13-16H2,(H2,21,22,23);1H. The lowest BCUT2D eigenvalue weighted by atomic mass is 9.84. The van der Waals surface area contributed by atoms with Crippen LogP contribution in [0.3, 0.4) is 0 Å². The molecule has 160 valence electrons. The van der Waals surface area contributed by atoms with Gasteiger partial charge < -0.3 is 29.6 Å². The lowest BCUT2D eigenvalue weighted by Gasteiger charge is -2.26. The lowest BCUT2D eigenvalue weighted by molar-refractivity contribution is 0.0194. The molecule has 28 heavy (non-hydrogen) atoms. The number of nitrogens with zero attached hydrogens (tertiary/aromatic N) is 1. The fraction of sp³-hybridized carbons (Fsp3) is 0.750. The number of aliphatic hydroxyl groups excluding tert-OH is 1. The van der Waals surface area contributed by atoms with Gasteiger partial charge in [0.15, 0.2) is 5.96 Å². The molecule has 0 spiro atoms. The van der Waals surface area contributed by atoms with Crippen LogP contribution in [0.15, 0.2) is 27.8 Å². The number of hydrogen-bond donors (Lipinski definition) is 3. The minimum absolute atomic E-state index is 0. The van der Waals surface area contributed by atoms with E-state index in [4.69, 9.17) is 18.9 Å². The van der Waals surface area contributed by atoms with Crippen LogP contribution in [0.1, 0.15) is 37.9 Å². The zero-order valence-electron chi connectivity index (χ0n) is 16.5. The molecule has 3 N–H and O–H groups in total. The number of ether oxygens (including phenoxy) is 2. The highest BCUT2D eigenvalue weighted by molar-refractivity contribution is 14.0. The molecule has 0 bridgehead atoms. The van der Waals surface area contributed by atoms with Crippen LogP contribution in [0.5, 0.6) is 0 Å². The Labute approximate surface area is 184 Å². The molecular formula is C20H34IN3O4. The van der Waals surface area contributed by atoms with Crippen molar-refractivity contribution >= 4 is 29.9 Å². The molecular weight excluding hydrogens is 473 g/mol. The van der Waals surface area contributed by atoms with Crippen molar-refractivity contribution in [1.82, 2.24) is 10.6 Å². The fourth-order valence-electron chi connectivity index (χ4n) is 3.65. The van der Waals surface area contributed by atoms with Crippen LogP contribution in [-0.4, -0.2) is 63.2 Å². The molecule has 1 aromatic heterocycles. The smallest absolute Gasteiger partial charge is 0.191 e. The van der Waals surface area contributed by atoms with Gasteiger partial charge >= 0.3 is 0 Å². The second-order valence-corrected chi connectivity index (χ2v) is 7.57. The molecule has 2 aliphatic rings. The highest BCUT2D eigenvalue weighted by atomic mass is 127. The number of guanidine groups is 1. The van der Waals surface area contributed by atoms with Crippen LogP contribution in [0, 0.1) is 5.41 Å². The third-order valence-corrected chi connectivity index (χ3v) is 5.41. The van der Waals surface area contributed by atoms with E-state index in [1.165, 1.54) is 6.42 Å². The zero-order valence-corrected chi connectivity index (χ0v) is 18.9. The third kappa shape index (κ3) is 7.53. The van der Waals surface area contributed by atoms with E-state index >= 15 is 0 Å². The molecule has 0 radical (unpaired) electrons. The van der Waals surface area contributed by atoms with Gasteiger partial charge in [0.1, 0.15) is 5.76 Å². The Morgan fingerprint density at radius 3 is 2.89 bits per heavy atom. The maximum absolute atomic E-state index is 9.42.